The Bertz CT molecular complexity index is 479. The molecule has 0 amide bonds. The fourth-order valence-electron chi connectivity index (χ4n) is 1.65. The summed E-state index contributed by atoms with van der Waals surface area (Å²) in [6.45, 7) is 0. The van der Waals surface area contributed by atoms with Gasteiger partial charge in [-0.3, -0.25) is 16.0 Å². The Hall–Kier alpha value is -1.37. The number of nitrogens with one attached hydrogen (secondary N) is 1. The van der Waals surface area contributed by atoms with E-state index in [0.29, 0.717) is 0 Å². The lowest BCUT2D eigenvalue weighted by atomic mass is 10.1. The first-order valence-electron chi connectivity index (χ1n) is 5.30. The molecule has 0 bridgehead atoms. The number of methoxy groups -OCH3 is 1. The molecular weight excluding hydrogens is 236 g/mol. The minimum atomic E-state index is 0.0683. The number of thiophene rings is 1. The van der Waals surface area contributed by atoms with Crippen molar-refractivity contribution in [2.75, 3.05) is 7.11 Å². The van der Waals surface area contributed by atoms with Crippen LogP contribution in [-0.2, 0) is 13.5 Å². The summed E-state index contributed by atoms with van der Waals surface area (Å²) >= 11 is 1.63. The van der Waals surface area contributed by atoms with Crippen LogP contribution >= 0.6 is 11.3 Å². The van der Waals surface area contributed by atoms with E-state index in [1.807, 2.05) is 30.8 Å². The highest BCUT2D eigenvalue weighted by Crippen LogP contribution is 2.28. The van der Waals surface area contributed by atoms with Crippen molar-refractivity contribution < 1.29 is 4.74 Å². The van der Waals surface area contributed by atoms with Crippen molar-refractivity contribution in [3.63, 3.8) is 0 Å². The molecule has 5 nitrogen and oxygen atoms in total. The highest BCUT2D eigenvalue weighted by Gasteiger charge is 2.14. The molecule has 0 spiro atoms. The SMILES string of the molecule is COc1csc(C(Cc2ccn(C)n2)NN)c1. The highest BCUT2D eigenvalue weighted by molar-refractivity contribution is 7.10. The third-order valence-corrected chi connectivity index (χ3v) is 3.58. The summed E-state index contributed by atoms with van der Waals surface area (Å²) in [6.07, 6.45) is 2.69. The molecular formula is C11H16N4OS. The van der Waals surface area contributed by atoms with E-state index in [1.165, 1.54) is 0 Å². The first-order valence-corrected chi connectivity index (χ1v) is 6.18. The third kappa shape index (κ3) is 2.85. The fraction of sp³-hybridized carbons (Fsp3) is 0.364. The Morgan fingerprint density at radius 1 is 1.65 bits per heavy atom. The Morgan fingerprint density at radius 2 is 2.47 bits per heavy atom. The van der Waals surface area contributed by atoms with Gasteiger partial charge in [-0.2, -0.15) is 5.10 Å². The van der Waals surface area contributed by atoms with Gasteiger partial charge >= 0.3 is 0 Å². The van der Waals surface area contributed by atoms with Crippen LogP contribution in [0.4, 0.5) is 0 Å². The maximum absolute atomic E-state index is 5.59. The van der Waals surface area contributed by atoms with Crippen LogP contribution in [0, 0.1) is 0 Å². The zero-order valence-corrected chi connectivity index (χ0v) is 10.7. The van der Waals surface area contributed by atoms with E-state index in [1.54, 1.807) is 23.1 Å². The zero-order chi connectivity index (χ0) is 12.3. The van der Waals surface area contributed by atoms with Crippen LogP contribution in [0.2, 0.25) is 0 Å². The third-order valence-electron chi connectivity index (χ3n) is 2.56. The van der Waals surface area contributed by atoms with Gasteiger partial charge in [0.15, 0.2) is 0 Å². The standard InChI is InChI=1S/C11H16N4OS/c1-15-4-3-8(14-15)5-10(13-12)11-6-9(16-2)7-17-11/h3-4,6-7,10,13H,5,12H2,1-2H3. The number of hydrazine groups is 1. The van der Waals surface area contributed by atoms with Crippen LogP contribution < -0.4 is 16.0 Å². The van der Waals surface area contributed by atoms with Crippen LogP contribution in [0.5, 0.6) is 5.75 Å². The number of rotatable bonds is 5. The van der Waals surface area contributed by atoms with Gasteiger partial charge in [0.1, 0.15) is 5.75 Å². The van der Waals surface area contributed by atoms with E-state index in [9.17, 15) is 0 Å². The molecule has 0 aliphatic heterocycles. The predicted octanol–water partition coefficient (Wildman–Crippen LogP) is 1.24. The van der Waals surface area contributed by atoms with Gasteiger partial charge in [0.25, 0.3) is 0 Å². The highest BCUT2D eigenvalue weighted by atomic mass is 32.1. The normalized spacial score (nSPS) is 12.6. The van der Waals surface area contributed by atoms with Gasteiger partial charge in [0.2, 0.25) is 0 Å². The summed E-state index contributed by atoms with van der Waals surface area (Å²) < 4.78 is 6.96. The summed E-state index contributed by atoms with van der Waals surface area (Å²) in [5, 5.41) is 6.32. The first-order chi connectivity index (χ1) is 8.22. The number of nitrogens with two attached hydrogens (primary N) is 1. The van der Waals surface area contributed by atoms with E-state index in [0.717, 1.165) is 22.7 Å². The van der Waals surface area contributed by atoms with Gasteiger partial charge in [0.05, 0.1) is 18.8 Å². The first kappa shape index (κ1) is 12.1. The van der Waals surface area contributed by atoms with Crippen LogP contribution in [-0.4, -0.2) is 16.9 Å². The second-order valence-corrected chi connectivity index (χ2v) is 4.74. The van der Waals surface area contributed by atoms with Crippen LogP contribution in [0.15, 0.2) is 23.7 Å². The molecule has 0 aromatic carbocycles. The summed E-state index contributed by atoms with van der Waals surface area (Å²) in [4.78, 5) is 1.15. The van der Waals surface area contributed by atoms with Crippen LogP contribution in [0.1, 0.15) is 16.6 Å². The molecule has 0 aliphatic carbocycles. The van der Waals surface area contributed by atoms with E-state index in [4.69, 9.17) is 10.6 Å². The van der Waals surface area contributed by atoms with E-state index in [-0.39, 0.29) is 6.04 Å². The Labute approximate surface area is 104 Å². The van der Waals surface area contributed by atoms with Crippen molar-refractivity contribution in [1.82, 2.24) is 15.2 Å². The molecule has 2 aromatic rings. The van der Waals surface area contributed by atoms with Gasteiger partial charge in [-0.05, 0) is 12.1 Å². The second kappa shape index (κ2) is 5.31. The van der Waals surface area contributed by atoms with Crippen LogP contribution in [0.25, 0.3) is 0 Å². The molecule has 0 saturated heterocycles. The number of aromatic nitrogens is 2. The molecule has 2 rings (SSSR count). The largest absolute Gasteiger partial charge is 0.496 e. The molecule has 92 valence electrons. The van der Waals surface area contributed by atoms with E-state index in [2.05, 4.69) is 10.5 Å². The van der Waals surface area contributed by atoms with Gasteiger partial charge < -0.3 is 4.74 Å². The van der Waals surface area contributed by atoms with Crippen molar-refractivity contribution in [1.29, 1.82) is 0 Å². The van der Waals surface area contributed by atoms with Crippen molar-refractivity contribution in [3.05, 3.63) is 34.3 Å². The lowest BCUT2D eigenvalue weighted by Crippen LogP contribution is -2.29. The molecule has 3 N–H and O–H groups in total. The predicted molar refractivity (Wildman–Crippen MR) is 67.8 cm³/mol. The molecule has 17 heavy (non-hydrogen) atoms. The van der Waals surface area contributed by atoms with Crippen LogP contribution in [0.3, 0.4) is 0 Å². The van der Waals surface area contributed by atoms with Gasteiger partial charge in [-0.25, -0.2) is 0 Å². The summed E-state index contributed by atoms with van der Waals surface area (Å²) in [7, 11) is 3.57. The molecule has 6 heteroatoms. The van der Waals surface area contributed by atoms with Gasteiger partial charge in [0, 0.05) is 29.9 Å². The maximum Gasteiger partial charge on any atom is 0.129 e. The van der Waals surface area contributed by atoms with E-state index >= 15 is 0 Å². The minimum Gasteiger partial charge on any atom is -0.496 e. The smallest absolute Gasteiger partial charge is 0.129 e. The van der Waals surface area contributed by atoms with Crippen molar-refractivity contribution in [3.8, 4) is 5.75 Å². The number of ether oxygens (including phenoxy) is 1. The zero-order valence-electron chi connectivity index (χ0n) is 9.88. The van der Waals surface area contributed by atoms with Gasteiger partial charge in [-0.15, -0.1) is 11.3 Å². The molecule has 2 aromatic heterocycles. The lowest BCUT2D eigenvalue weighted by Gasteiger charge is -2.12. The molecule has 0 radical (unpaired) electrons. The Kier molecular flexibility index (Phi) is 3.78. The Morgan fingerprint density at radius 3 is 3.00 bits per heavy atom. The second-order valence-electron chi connectivity index (χ2n) is 3.79. The molecule has 1 atom stereocenters. The number of hydrogen-bond donors (Lipinski definition) is 2. The quantitative estimate of drug-likeness (QED) is 0.620. The van der Waals surface area contributed by atoms with E-state index < -0.39 is 0 Å². The maximum atomic E-state index is 5.59. The topological polar surface area (TPSA) is 65.1 Å². The number of hydrogen-bond acceptors (Lipinski definition) is 5. The summed E-state index contributed by atoms with van der Waals surface area (Å²) in [6, 6.07) is 4.06. The molecule has 2 heterocycles. The lowest BCUT2D eigenvalue weighted by molar-refractivity contribution is 0.415. The minimum absolute atomic E-state index is 0.0683. The van der Waals surface area contributed by atoms with Crippen molar-refractivity contribution in [2.45, 2.75) is 12.5 Å². The molecule has 1 unspecified atom stereocenters. The molecule has 0 aliphatic rings. The van der Waals surface area contributed by atoms with Crippen molar-refractivity contribution in [2.24, 2.45) is 12.9 Å². The fourth-order valence-corrected chi connectivity index (χ4v) is 2.56. The summed E-state index contributed by atoms with van der Waals surface area (Å²) in [5.41, 5.74) is 3.84. The number of aryl methyl sites for hydroxylation is 1. The molecule has 0 fully saturated rings. The molecule has 0 saturated carbocycles. The number of nitrogens with zero attached hydrogens (tertiary/aromatic N) is 2. The summed E-state index contributed by atoms with van der Waals surface area (Å²) in [5.74, 6) is 6.46. The monoisotopic (exact) mass is 252 g/mol. The Balaban J connectivity index is 2.10. The average Bonchev–Trinajstić information content (AvgIpc) is 2.94. The van der Waals surface area contributed by atoms with Gasteiger partial charge in [-0.1, -0.05) is 0 Å². The van der Waals surface area contributed by atoms with Crippen molar-refractivity contribution >= 4 is 11.3 Å². The average molecular weight is 252 g/mol.